The standard InChI is InChI=1S/C18H32N2/c1-13-6-18(7-13)20-11-16(8-14-2-3-14)9-17(12-20)19-10-15-4-5-15/h13-19H,2-12H2,1H3. The van der Waals surface area contributed by atoms with E-state index < -0.39 is 0 Å². The molecular weight excluding hydrogens is 244 g/mol. The van der Waals surface area contributed by atoms with E-state index in [4.69, 9.17) is 0 Å². The largest absolute Gasteiger partial charge is 0.312 e. The molecule has 0 bridgehead atoms. The van der Waals surface area contributed by atoms with E-state index in [0.717, 1.165) is 35.8 Å². The molecule has 4 fully saturated rings. The number of nitrogens with one attached hydrogen (secondary N) is 1. The van der Waals surface area contributed by atoms with Crippen LogP contribution in [0.2, 0.25) is 0 Å². The minimum Gasteiger partial charge on any atom is -0.312 e. The molecular formula is C18H32N2. The van der Waals surface area contributed by atoms with E-state index in [1.54, 1.807) is 0 Å². The first-order valence-corrected chi connectivity index (χ1v) is 9.23. The van der Waals surface area contributed by atoms with Crippen molar-refractivity contribution in [1.29, 1.82) is 0 Å². The van der Waals surface area contributed by atoms with Crippen LogP contribution in [0.1, 0.15) is 58.3 Å². The van der Waals surface area contributed by atoms with Crippen LogP contribution in [0.25, 0.3) is 0 Å². The summed E-state index contributed by atoms with van der Waals surface area (Å²) < 4.78 is 0. The van der Waals surface area contributed by atoms with Gasteiger partial charge in [0.25, 0.3) is 0 Å². The highest BCUT2D eigenvalue weighted by Gasteiger charge is 2.38. The monoisotopic (exact) mass is 276 g/mol. The number of hydrogen-bond acceptors (Lipinski definition) is 2. The third-order valence-electron chi connectivity index (χ3n) is 6.19. The molecule has 20 heavy (non-hydrogen) atoms. The minimum absolute atomic E-state index is 0.795. The molecule has 2 heteroatoms. The van der Waals surface area contributed by atoms with Crippen molar-refractivity contribution in [1.82, 2.24) is 10.2 Å². The molecule has 0 aromatic carbocycles. The summed E-state index contributed by atoms with van der Waals surface area (Å²) in [6, 6.07) is 1.72. The highest BCUT2D eigenvalue weighted by atomic mass is 15.2. The van der Waals surface area contributed by atoms with Crippen LogP contribution < -0.4 is 5.32 Å². The van der Waals surface area contributed by atoms with E-state index in [1.807, 2.05) is 0 Å². The molecule has 1 aliphatic heterocycles. The Bertz CT molecular complexity index is 328. The van der Waals surface area contributed by atoms with Crippen LogP contribution in [0, 0.1) is 23.7 Å². The van der Waals surface area contributed by atoms with Crippen molar-refractivity contribution < 1.29 is 0 Å². The van der Waals surface area contributed by atoms with Crippen molar-refractivity contribution in [3.05, 3.63) is 0 Å². The molecule has 4 rings (SSSR count). The number of likely N-dealkylation sites (tertiary alicyclic amines) is 1. The summed E-state index contributed by atoms with van der Waals surface area (Å²) >= 11 is 0. The zero-order valence-corrected chi connectivity index (χ0v) is 13.2. The molecule has 0 radical (unpaired) electrons. The van der Waals surface area contributed by atoms with Crippen LogP contribution in [0.15, 0.2) is 0 Å². The number of nitrogens with zero attached hydrogens (tertiary/aromatic N) is 1. The Morgan fingerprint density at radius 2 is 1.65 bits per heavy atom. The maximum Gasteiger partial charge on any atom is 0.0198 e. The van der Waals surface area contributed by atoms with Crippen LogP contribution in [0.5, 0.6) is 0 Å². The summed E-state index contributed by atoms with van der Waals surface area (Å²) in [5.41, 5.74) is 0. The van der Waals surface area contributed by atoms with Crippen molar-refractivity contribution in [2.45, 2.75) is 70.4 Å². The summed E-state index contributed by atoms with van der Waals surface area (Å²) in [7, 11) is 0. The van der Waals surface area contributed by atoms with Crippen molar-refractivity contribution in [2.24, 2.45) is 23.7 Å². The third-order valence-corrected chi connectivity index (χ3v) is 6.19. The number of piperidine rings is 1. The van der Waals surface area contributed by atoms with Gasteiger partial charge in [-0.15, -0.1) is 0 Å². The lowest BCUT2D eigenvalue weighted by molar-refractivity contribution is 0.0306. The highest BCUT2D eigenvalue weighted by Crippen LogP contribution is 2.40. The second-order valence-electron chi connectivity index (χ2n) is 8.51. The fraction of sp³-hybridized carbons (Fsp3) is 1.00. The normalized spacial score (nSPS) is 42.5. The van der Waals surface area contributed by atoms with Gasteiger partial charge in [-0.1, -0.05) is 19.8 Å². The van der Waals surface area contributed by atoms with Crippen molar-refractivity contribution in [3.8, 4) is 0 Å². The van der Waals surface area contributed by atoms with Crippen LogP contribution >= 0.6 is 0 Å². The lowest BCUT2D eigenvalue weighted by atomic mass is 9.78. The SMILES string of the molecule is CC1CC(N2CC(CC3CC3)CC(NCC3CC3)C2)C1. The summed E-state index contributed by atoms with van der Waals surface area (Å²) in [6.07, 6.45) is 11.9. The molecule has 3 aliphatic carbocycles. The van der Waals surface area contributed by atoms with E-state index in [9.17, 15) is 0 Å². The first-order chi connectivity index (χ1) is 9.76. The summed E-state index contributed by atoms with van der Waals surface area (Å²) in [5, 5.41) is 3.91. The Hall–Kier alpha value is -0.0800. The minimum atomic E-state index is 0.795. The zero-order valence-electron chi connectivity index (χ0n) is 13.2. The summed E-state index contributed by atoms with van der Waals surface area (Å²) in [4.78, 5) is 2.86. The van der Waals surface area contributed by atoms with Crippen LogP contribution in [-0.2, 0) is 0 Å². The number of hydrogen-bond donors (Lipinski definition) is 1. The predicted molar refractivity (Wildman–Crippen MR) is 83.7 cm³/mol. The topological polar surface area (TPSA) is 15.3 Å². The Labute approximate surface area is 124 Å². The molecule has 0 spiro atoms. The molecule has 1 heterocycles. The van der Waals surface area contributed by atoms with Crippen LogP contribution in [0.3, 0.4) is 0 Å². The van der Waals surface area contributed by atoms with Crippen molar-refractivity contribution in [2.75, 3.05) is 19.6 Å². The van der Waals surface area contributed by atoms with Crippen molar-refractivity contribution in [3.63, 3.8) is 0 Å². The van der Waals surface area contributed by atoms with Gasteiger partial charge in [0.05, 0.1) is 0 Å². The smallest absolute Gasteiger partial charge is 0.0198 e. The van der Waals surface area contributed by atoms with Gasteiger partial charge >= 0.3 is 0 Å². The highest BCUT2D eigenvalue weighted by molar-refractivity contribution is 4.94. The van der Waals surface area contributed by atoms with E-state index in [0.29, 0.717) is 0 Å². The molecule has 1 N–H and O–H groups in total. The zero-order chi connectivity index (χ0) is 13.5. The molecule has 2 unspecified atom stereocenters. The average molecular weight is 276 g/mol. The van der Waals surface area contributed by atoms with Crippen LogP contribution in [0.4, 0.5) is 0 Å². The Morgan fingerprint density at radius 3 is 2.30 bits per heavy atom. The van der Waals surface area contributed by atoms with E-state index in [1.165, 1.54) is 71.0 Å². The fourth-order valence-electron chi connectivity index (χ4n) is 4.50. The Balaban J connectivity index is 1.32. The van der Waals surface area contributed by atoms with Gasteiger partial charge in [0, 0.05) is 25.2 Å². The van der Waals surface area contributed by atoms with E-state index >= 15 is 0 Å². The van der Waals surface area contributed by atoms with E-state index in [2.05, 4.69) is 17.1 Å². The van der Waals surface area contributed by atoms with Gasteiger partial charge in [-0.05, 0) is 68.7 Å². The molecule has 0 amide bonds. The van der Waals surface area contributed by atoms with Gasteiger partial charge in [0.1, 0.15) is 0 Å². The Kier molecular flexibility index (Phi) is 3.80. The van der Waals surface area contributed by atoms with Gasteiger partial charge in [0.2, 0.25) is 0 Å². The van der Waals surface area contributed by atoms with Gasteiger partial charge in [0.15, 0.2) is 0 Å². The molecule has 2 nitrogen and oxygen atoms in total. The maximum atomic E-state index is 3.91. The predicted octanol–water partition coefficient (Wildman–Crippen LogP) is 3.28. The van der Waals surface area contributed by atoms with Gasteiger partial charge in [-0.2, -0.15) is 0 Å². The second-order valence-corrected chi connectivity index (χ2v) is 8.51. The van der Waals surface area contributed by atoms with Crippen LogP contribution in [-0.4, -0.2) is 36.6 Å². The fourth-order valence-corrected chi connectivity index (χ4v) is 4.50. The Morgan fingerprint density at radius 1 is 0.900 bits per heavy atom. The summed E-state index contributed by atoms with van der Waals surface area (Å²) in [5.74, 6) is 4.10. The third kappa shape index (κ3) is 3.39. The molecule has 114 valence electrons. The molecule has 0 aromatic heterocycles. The maximum absolute atomic E-state index is 3.91. The lowest BCUT2D eigenvalue weighted by Gasteiger charge is -2.48. The summed E-state index contributed by atoms with van der Waals surface area (Å²) in [6.45, 7) is 6.47. The molecule has 3 saturated carbocycles. The van der Waals surface area contributed by atoms with Crippen molar-refractivity contribution >= 4 is 0 Å². The molecule has 2 atom stereocenters. The first-order valence-electron chi connectivity index (χ1n) is 9.23. The number of rotatable bonds is 6. The second kappa shape index (κ2) is 5.61. The molecule has 4 aliphatic rings. The average Bonchev–Trinajstić information content (AvgIpc) is 3.26. The molecule has 0 aromatic rings. The van der Waals surface area contributed by atoms with Gasteiger partial charge < -0.3 is 5.32 Å². The lowest BCUT2D eigenvalue weighted by Crippen LogP contribution is -2.55. The van der Waals surface area contributed by atoms with E-state index in [-0.39, 0.29) is 0 Å². The molecule has 1 saturated heterocycles. The quantitative estimate of drug-likeness (QED) is 0.801. The first kappa shape index (κ1) is 13.6. The van der Waals surface area contributed by atoms with Gasteiger partial charge in [-0.25, -0.2) is 0 Å². The van der Waals surface area contributed by atoms with Gasteiger partial charge in [-0.3, -0.25) is 4.90 Å².